The van der Waals surface area contributed by atoms with E-state index in [0.717, 1.165) is 29.3 Å². The molecule has 0 aliphatic rings. The fraction of sp³-hybridized carbons (Fsp3) is 0.300. The number of rotatable bonds is 8. The van der Waals surface area contributed by atoms with Gasteiger partial charge in [0.15, 0.2) is 5.16 Å². The average Bonchev–Trinajstić information content (AvgIpc) is 2.65. The van der Waals surface area contributed by atoms with Crippen molar-refractivity contribution in [1.29, 1.82) is 0 Å². The summed E-state index contributed by atoms with van der Waals surface area (Å²) in [6.07, 6.45) is 1.74. The second kappa shape index (κ2) is 8.83. The van der Waals surface area contributed by atoms with E-state index in [0.29, 0.717) is 18.5 Å². The fourth-order valence-electron chi connectivity index (χ4n) is 2.73. The van der Waals surface area contributed by atoms with Crippen molar-refractivity contribution in [3.05, 3.63) is 70.5 Å². The Hall–Kier alpha value is -2.11. The molecule has 0 radical (unpaired) electrons. The van der Waals surface area contributed by atoms with Crippen LogP contribution in [0.25, 0.3) is 10.9 Å². The van der Waals surface area contributed by atoms with Gasteiger partial charge in [-0.3, -0.25) is 9.36 Å². The third-order valence-electron chi connectivity index (χ3n) is 4.02. The van der Waals surface area contributed by atoms with Gasteiger partial charge in [-0.1, -0.05) is 54.2 Å². The number of aryl methyl sites for hydroxylation is 1. The maximum Gasteiger partial charge on any atom is 0.262 e. The van der Waals surface area contributed by atoms with Gasteiger partial charge in [-0.05, 0) is 30.5 Å². The minimum absolute atomic E-state index is 0.0314. The summed E-state index contributed by atoms with van der Waals surface area (Å²) in [6, 6.07) is 17.9. The Labute approximate surface area is 151 Å². The number of nitrogens with zero attached hydrogens (tertiary/aromatic N) is 2. The number of fused-ring (bicyclic) bond motifs is 1. The van der Waals surface area contributed by atoms with Crippen LogP contribution in [0, 0.1) is 0 Å². The predicted molar refractivity (Wildman–Crippen MR) is 103 cm³/mol. The second-order valence-corrected chi connectivity index (χ2v) is 6.86. The molecule has 1 heterocycles. The quantitative estimate of drug-likeness (QED) is 0.351. The zero-order valence-corrected chi connectivity index (χ0v) is 15.2. The van der Waals surface area contributed by atoms with Gasteiger partial charge >= 0.3 is 0 Å². The van der Waals surface area contributed by atoms with Crippen LogP contribution in [0.4, 0.5) is 0 Å². The lowest BCUT2D eigenvalue weighted by atomic mass is 10.2. The number of methoxy groups -OCH3 is 1. The van der Waals surface area contributed by atoms with Gasteiger partial charge in [0.25, 0.3) is 5.56 Å². The lowest BCUT2D eigenvalue weighted by Gasteiger charge is -2.13. The van der Waals surface area contributed by atoms with Crippen LogP contribution < -0.4 is 5.56 Å². The number of thioether (sulfide) groups is 1. The molecule has 2 aromatic carbocycles. The van der Waals surface area contributed by atoms with Crippen LogP contribution in [0.5, 0.6) is 0 Å². The Kier molecular flexibility index (Phi) is 6.25. The van der Waals surface area contributed by atoms with Gasteiger partial charge in [0.05, 0.1) is 10.9 Å². The van der Waals surface area contributed by atoms with Gasteiger partial charge in [-0.2, -0.15) is 0 Å². The zero-order chi connectivity index (χ0) is 17.5. The minimum Gasteiger partial charge on any atom is -0.385 e. The van der Waals surface area contributed by atoms with Crippen molar-refractivity contribution in [2.45, 2.75) is 24.5 Å². The molecule has 0 saturated carbocycles. The molecule has 0 amide bonds. The van der Waals surface area contributed by atoms with Crippen LogP contribution >= 0.6 is 11.8 Å². The molecule has 1 aromatic heterocycles. The first kappa shape index (κ1) is 17.7. The molecule has 130 valence electrons. The van der Waals surface area contributed by atoms with E-state index < -0.39 is 0 Å². The first-order valence-corrected chi connectivity index (χ1v) is 9.43. The molecule has 0 atom stereocenters. The van der Waals surface area contributed by atoms with E-state index in [4.69, 9.17) is 9.72 Å². The van der Waals surface area contributed by atoms with Gasteiger partial charge in [-0.25, -0.2) is 4.98 Å². The van der Waals surface area contributed by atoms with E-state index >= 15 is 0 Å². The molecule has 25 heavy (non-hydrogen) atoms. The summed E-state index contributed by atoms with van der Waals surface area (Å²) < 4.78 is 6.92. The van der Waals surface area contributed by atoms with Crippen molar-refractivity contribution in [2.24, 2.45) is 0 Å². The number of hydrogen-bond acceptors (Lipinski definition) is 4. The molecule has 0 bridgehead atoms. The largest absolute Gasteiger partial charge is 0.385 e. The highest BCUT2D eigenvalue weighted by Gasteiger charge is 2.11. The van der Waals surface area contributed by atoms with Crippen molar-refractivity contribution in [2.75, 3.05) is 19.5 Å². The normalized spacial score (nSPS) is 11.1. The standard InChI is InChI=1S/C20H22N2O2S/c1-24-14-7-13-22-19(23)17-10-5-6-11-18(17)21-20(22)25-15-12-16-8-3-2-4-9-16/h2-6,8-11H,7,12-15H2,1H3. The summed E-state index contributed by atoms with van der Waals surface area (Å²) in [7, 11) is 1.68. The molecular weight excluding hydrogens is 332 g/mol. The summed E-state index contributed by atoms with van der Waals surface area (Å²) >= 11 is 1.64. The average molecular weight is 354 g/mol. The van der Waals surface area contributed by atoms with Crippen LogP contribution in [-0.2, 0) is 17.7 Å². The maximum atomic E-state index is 12.8. The number of aromatic nitrogens is 2. The van der Waals surface area contributed by atoms with Crippen LogP contribution in [0.1, 0.15) is 12.0 Å². The first-order chi connectivity index (χ1) is 12.3. The van der Waals surface area contributed by atoms with Crippen molar-refractivity contribution < 1.29 is 4.74 Å². The number of hydrogen-bond donors (Lipinski definition) is 0. The maximum absolute atomic E-state index is 12.8. The third kappa shape index (κ3) is 4.50. The van der Waals surface area contributed by atoms with Gasteiger partial charge in [0.1, 0.15) is 0 Å². The van der Waals surface area contributed by atoms with Crippen LogP contribution in [0.2, 0.25) is 0 Å². The van der Waals surface area contributed by atoms with Crippen molar-refractivity contribution >= 4 is 22.7 Å². The number of para-hydroxylation sites is 1. The lowest BCUT2D eigenvalue weighted by molar-refractivity contribution is 0.189. The van der Waals surface area contributed by atoms with Crippen molar-refractivity contribution in [3.8, 4) is 0 Å². The lowest BCUT2D eigenvalue weighted by Crippen LogP contribution is -2.24. The highest BCUT2D eigenvalue weighted by molar-refractivity contribution is 7.99. The Morgan fingerprint density at radius 2 is 1.84 bits per heavy atom. The first-order valence-electron chi connectivity index (χ1n) is 8.45. The smallest absolute Gasteiger partial charge is 0.262 e. The molecule has 0 aliphatic carbocycles. The molecule has 0 fully saturated rings. The van der Waals surface area contributed by atoms with Gasteiger partial charge in [-0.15, -0.1) is 0 Å². The summed E-state index contributed by atoms with van der Waals surface area (Å²) in [5.41, 5.74) is 2.09. The highest BCUT2D eigenvalue weighted by Crippen LogP contribution is 2.19. The monoisotopic (exact) mass is 354 g/mol. The summed E-state index contributed by atoms with van der Waals surface area (Å²) in [4.78, 5) is 17.6. The van der Waals surface area contributed by atoms with Gasteiger partial charge in [0.2, 0.25) is 0 Å². The molecule has 5 heteroatoms. The molecule has 0 unspecified atom stereocenters. The van der Waals surface area contributed by atoms with E-state index in [-0.39, 0.29) is 5.56 Å². The molecule has 0 aliphatic heterocycles. The zero-order valence-electron chi connectivity index (χ0n) is 14.4. The molecule has 0 N–H and O–H groups in total. The van der Waals surface area contributed by atoms with Crippen LogP contribution in [0.15, 0.2) is 64.5 Å². The Morgan fingerprint density at radius 1 is 1.08 bits per heavy atom. The van der Waals surface area contributed by atoms with E-state index in [2.05, 4.69) is 24.3 Å². The van der Waals surface area contributed by atoms with Crippen LogP contribution in [0.3, 0.4) is 0 Å². The molecule has 3 rings (SSSR count). The van der Waals surface area contributed by atoms with Gasteiger partial charge in [0, 0.05) is 26.0 Å². The third-order valence-corrected chi connectivity index (χ3v) is 5.00. The van der Waals surface area contributed by atoms with Crippen molar-refractivity contribution in [3.63, 3.8) is 0 Å². The number of ether oxygens (including phenoxy) is 1. The van der Waals surface area contributed by atoms with E-state index in [1.807, 2.05) is 30.3 Å². The predicted octanol–water partition coefficient (Wildman–Crippen LogP) is 3.77. The SMILES string of the molecule is COCCCn1c(SCCc2ccccc2)nc2ccccc2c1=O. The Balaban J connectivity index is 1.83. The van der Waals surface area contributed by atoms with Gasteiger partial charge < -0.3 is 4.74 Å². The molecule has 3 aromatic rings. The molecule has 0 saturated heterocycles. The Bertz CT molecular complexity index is 878. The van der Waals surface area contributed by atoms with E-state index in [1.165, 1.54) is 5.56 Å². The molecule has 0 spiro atoms. The van der Waals surface area contributed by atoms with Crippen molar-refractivity contribution in [1.82, 2.24) is 9.55 Å². The Morgan fingerprint density at radius 3 is 2.64 bits per heavy atom. The topological polar surface area (TPSA) is 44.1 Å². The van der Waals surface area contributed by atoms with Crippen LogP contribution in [-0.4, -0.2) is 29.0 Å². The van der Waals surface area contributed by atoms with E-state index in [9.17, 15) is 4.79 Å². The molecular formula is C20H22N2O2S. The summed E-state index contributed by atoms with van der Waals surface area (Å²) in [5.74, 6) is 0.888. The molecule has 4 nitrogen and oxygen atoms in total. The number of benzene rings is 2. The minimum atomic E-state index is 0.0314. The highest BCUT2D eigenvalue weighted by atomic mass is 32.2. The summed E-state index contributed by atoms with van der Waals surface area (Å²) in [6.45, 7) is 1.26. The fourth-order valence-corrected chi connectivity index (χ4v) is 3.74. The second-order valence-electron chi connectivity index (χ2n) is 5.80. The van der Waals surface area contributed by atoms with E-state index in [1.54, 1.807) is 23.4 Å². The summed E-state index contributed by atoms with van der Waals surface area (Å²) in [5, 5.41) is 1.46.